The number of para-hydroxylation sites is 1. The van der Waals surface area contributed by atoms with Crippen LogP contribution in [0.5, 0.6) is 0 Å². The Bertz CT molecular complexity index is 547. The Balaban J connectivity index is 2.33. The molecule has 1 aromatic carbocycles. The van der Waals surface area contributed by atoms with Crippen LogP contribution in [0.4, 0.5) is 0 Å². The van der Waals surface area contributed by atoms with Gasteiger partial charge in [0.25, 0.3) is 0 Å². The predicted octanol–water partition coefficient (Wildman–Crippen LogP) is 2.38. The number of amides is 1. The standard InChI is InChI=1S/C13H15ClN2O/c1-15-8-10(9-16(2)13(17)7-14)11-5-3-4-6-12(11)15/h3-6,8H,7,9H2,1-2H3. The Hall–Kier alpha value is -1.48. The van der Waals surface area contributed by atoms with E-state index in [9.17, 15) is 4.79 Å². The molecular formula is C13H15ClN2O. The molecule has 0 fully saturated rings. The molecule has 0 spiro atoms. The Morgan fingerprint density at radius 3 is 2.82 bits per heavy atom. The average Bonchev–Trinajstić information content (AvgIpc) is 2.66. The first-order valence-electron chi connectivity index (χ1n) is 5.46. The molecule has 0 atom stereocenters. The van der Waals surface area contributed by atoms with Crippen LogP contribution in [-0.2, 0) is 18.4 Å². The first-order valence-corrected chi connectivity index (χ1v) is 6.00. The Morgan fingerprint density at radius 1 is 1.41 bits per heavy atom. The molecule has 3 nitrogen and oxygen atoms in total. The second kappa shape index (κ2) is 4.80. The zero-order valence-corrected chi connectivity index (χ0v) is 10.7. The van der Waals surface area contributed by atoms with Crippen molar-refractivity contribution in [3.63, 3.8) is 0 Å². The Morgan fingerprint density at radius 2 is 2.12 bits per heavy atom. The normalized spacial score (nSPS) is 10.8. The van der Waals surface area contributed by atoms with Gasteiger partial charge in [-0.15, -0.1) is 11.6 Å². The highest BCUT2D eigenvalue weighted by Crippen LogP contribution is 2.21. The molecule has 90 valence electrons. The maximum absolute atomic E-state index is 11.4. The van der Waals surface area contributed by atoms with Crippen molar-refractivity contribution in [1.29, 1.82) is 0 Å². The summed E-state index contributed by atoms with van der Waals surface area (Å²) in [4.78, 5) is 13.1. The van der Waals surface area contributed by atoms with Crippen molar-refractivity contribution in [2.75, 3.05) is 12.9 Å². The second-order valence-electron chi connectivity index (χ2n) is 4.17. The van der Waals surface area contributed by atoms with E-state index >= 15 is 0 Å². The van der Waals surface area contributed by atoms with Crippen molar-refractivity contribution in [3.05, 3.63) is 36.0 Å². The van der Waals surface area contributed by atoms with Crippen molar-refractivity contribution in [2.24, 2.45) is 7.05 Å². The molecule has 0 aliphatic heterocycles. The van der Waals surface area contributed by atoms with Crippen LogP contribution < -0.4 is 0 Å². The molecule has 2 aromatic rings. The van der Waals surface area contributed by atoms with Gasteiger partial charge in [-0.05, 0) is 11.6 Å². The summed E-state index contributed by atoms with van der Waals surface area (Å²) in [5.74, 6) is -0.0269. The highest BCUT2D eigenvalue weighted by molar-refractivity contribution is 6.27. The molecule has 0 aliphatic rings. The number of nitrogens with zero attached hydrogens (tertiary/aromatic N) is 2. The number of rotatable bonds is 3. The number of hydrogen-bond donors (Lipinski definition) is 0. The van der Waals surface area contributed by atoms with Crippen molar-refractivity contribution >= 4 is 28.4 Å². The van der Waals surface area contributed by atoms with Gasteiger partial charge in [-0.3, -0.25) is 4.79 Å². The third kappa shape index (κ3) is 2.29. The van der Waals surface area contributed by atoms with Gasteiger partial charge in [0, 0.05) is 37.7 Å². The summed E-state index contributed by atoms with van der Waals surface area (Å²) in [6, 6.07) is 8.17. The van der Waals surface area contributed by atoms with Gasteiger partial charge in [-0.1, -0.05) is 18.2 Å². The largest absolute Gasteiger partial charge is 0.350 e. The highest BCUT2D eigenvalue weighted by atomic mass is 35.5. The molecule has 1 heterocycles. The molecule has 0 radical (unpaired) electrons. The van der Waals surface area contributed by atoms with Crippen molar-refractivity contribution < 1.29 is 4.79 Å². The molecule has 1 aromatic heterocycles. The lowest BCUT2D eigenvalue weighted by Crippen LogP contribution is -2.26. The molecule has 0 N–H and O–H groups in total. The highest BCUT2D eigenvalue weighted by Gasteiger charge is 2.11. The minimum Gasteiger partial charge on any atom is -0.350 e. The lowest BCUT2D eigenvalue weighted by atomic mass is 10.1. The first-order chi connectivity index (χ1) is 8.13. The number of alkyl halides is 1. The lowest BCUT2D eigenvalue weighted by molar-refractivity contribution is -0.127. The van der Waals surface area contributed by atoms with Gasteiger partial charge in [0.15, 0.2) is 0 Å². The Kier molecular flexibility index (Phi) is 3.38. The first kappa shape index (κ1) is 12.0. The van der Waals surface area contributed by atoms with Crippen LogP contribution in [0.1, 0.15) is 5.56 Å². The summed E-state index contributed by atoms with van der Waals surface area (Å²) < 4.78 is 2.07. The number of benzene rings is 1. The van der Waals surface area contributed by atoms with Crippen LogP contribution in [0.25, 0.3) is 10.9 Å². The van der Waals surface area contributed by atoms with Gasteiger partial charge in [0.2, 0.25) is 5.91 Å². The van der Waals surface area contributed by atoms with Crippen molar-refractivity contribution in [3.8, 4) is 0 Å². The van der Waals surface area contributed by atoms with Crippen LogP contribution in [0, 0.1) is 0 Å². The minimum atomic E-state index is -0.0559. The van der Waals surface area contributed by atoms with E-state index in [4.69, 9.17) is 11.6 Å². The molecule has 0 unspecified atom stereocenters. The van der Waals surface area contributed by atoms with Crippen molar-refractivity contribution in [2.45, 2.75) is 6.54 Å². The maximum atomic E-state index is 11.4. The summed E-state index contributed by atoms with van der Waals surface area (Å²) in [6.45, 7) is 0.590. The molecular weight excluding hydrogens is 236 g/mol. The summed E-state index contributed by atoms with van der Waals surface area (Å²) in [5.41, 5.74) is 2.32. The molecule has 0 saturated carbocycles. The number of aryl methyl sites for hydroxylation is 1. The molecule has 0 bridgehead atoms. The lowest BCUT2D eigenvalue weighted by Gasteiger charge is -2.14. The fourth-order valence-corrected chi connectivity index (χ4v) is 2.20. The van der Waals surface area contributed by atoms with E-state index in [1.807, 2.05) is 19.2 Å². The Labute approximate surface area is 106 Å². The fourth-order valence-electron chi connectivity index (χ4n) is 2.00. The third-order valence-corrected chi connectivity index (χ3v) is 3.16. The number of hydrogen-bond acceptors (Lipinski definition) is 1. The predicted molar refractivity (Wildman–Crippen MR) is 70.1 cm³/mol. The maximum Gasteiger partial charge on any atom is 0.237 e. The van der Waals surface area contributed by atoms with E-state index in [1.54, 1.807) is 11.9 Å². The van der Waals surface area contributed by atoms with Gasteiger partial charge in [-0.25, -0.2) is 0 Å². The molecule has 0 saturated heterocycles. The van der Waals surface area contributed by atoms with Crippen molar-refractivity contribution in [1.82, 2.24) is 9.47 Å². The van der Waals surface area contributed by atoms with E-state index in [0.717, 1.165) is 5.56 Å². The second-order valence-corrected chi connectivity index (χ2v) is 4.43. The molecule has 1 amide bonds. The van der Waals surface area contributed by atoms with E-state index in [1.165, 1.54) is 10.9 Å². The quantitative estimate of drug-likeness (QED) is 0.768. The number of carbonyl (C=O) groups is 1. The summed E-state index contributed by atoms with van der Waals surface area (Å²) in [7, 11) is 3.78. The third-order valence-electron chi connectivity index (χ3n) is 2.93. The van der Waals surface area contributed by atoms with E-state index in [2.05, 4.69) is 22.9 Å². The average molecular weight is 251 g/mol. The summed E-state index contributed by atoms with van der Waals surface area (Å²) in [5, 5.41) is 1.18. The van der Waals surface area contributed by atoms with E-state index in [-0.39, 0.29) is 11.8 Å². The number of halogens is 1. The van der Waals surface area contributed by atoms with E-state index in [0.29, 0.717) is 6.54 Å². The number of carbonyl (C=O) groups excluding carboxylic acids is 1. The molecule has 17 heavy (non-hydrogen) atoms. The zero-order chi connectivity index (χ0) is 12.4. The summed E-state index contributed by atoms with van der Waals surface area (Å²) in [6.07, 6.45) is 2.06. The zero-order valence-electron chi connectivity index (χ0n) is 9.98. The molecule has 4 heteroatoms. The summed E-state index contributed by atoms with van der Waals surface area (Å²) >= 11 is 5.54. The van der Waals surface area contributed by atoms with E-state index < -0.39 is 0 Å². The van der Waals surface area contributed by atoms with Crippen LogP contribution >= 0.6 is 11.6 Å². The fraction of sp³-hybridized carbons (Fsp3) is 0.308. The van der Waals surface area contributed by atoms with Gasteiger partial charge < -0.3 is 9.47 Å². The topological polar surface area (TPSA) is 25.2 Å². The minimum absolute atomic E-state index is 0.0290. The monoisotopic (exact) mass is 250 g/mol. The van der Waals surface area contributed by atoms with Crippen LogP contribution in [0.3, 0.4) is 0 Å². The molecule has 2 rings (SSSR count). The number of fused-ring (bicyclic) bond motifs is 1. The number of aromatic nitrogens is 1. The van der Waals surface area contributed by atoms with Gasteiger partial charge in [0.1, 0.15) is 5.88 Å². The van der Waals surface area contributed by atoms with Crippen LogP contribution in [0.15, 0.2) is 30.5 Å². The molecule has 0 aliphatic carbocycles. The van der Waals surface area contributed by atoms with Crippen LogP contribution in [0.2, 0.25) is 0 Å². The van der Waals surface area contributed by atoms with Gasteiger partial charge in [0.05, 0.1) is 0 Å². The van der Waals surface area contributed by atoms with Gasteiger partial charge in [-0.2, -0.15) is 0 Å². The van der Waals surface area contributed by atoms with Gasteiger partial charge >= 0.3 is 0 Å². The SMILES string of the molecule is CN(Cc1cn(C)c2ccccc12)C(=O)CCl. The van der Waals surface area contributed by atoms with Crippen LogP contribution in [-0.4, -0.2) is 28.3 Å². The smallest absolute Gasteiger partial charge is 0.237 e.